The lowest BCUT2D eigenvalue weighted by atomic mass is 10.1. The second-order valence-electron chi connectivity index (χ2n) is 23.0. The smallest absolute Gasteiger partial charge is 0.259 e. The van der Waals surface area contributed by atoms with Crippen molar-refractivity contribution >= 4 is 122 Å². The molecule has 522 valence electrons. The maximum absolute atomic E-state index is 14.8. The van der Waals surface area contributed by atoms with E-state index in [0.717, 1.165) is 113 Å². The van der Waals surface area contributed by atoms with Crippen molar-refractivity contribution in [2.45, 2.75) is 32.1 Å². The first kappa shape index (κ1) is 73.2. The number of anilines is 6. The van der Waals surface area contributed by atoms with Crippen molar-refractivity contribution in [1.82, 2.24) is 29.7 Å². The molecule has 6 heterocycles. The second kappa shape index (κ2) is 33.5. The summed E-state index contributed by atoms with van der Waals surface area (Å²) in [5.41, 5.74) is 0.0389. The highest BCUT2D eigenvalue weighted by molar-refractivity contribution is 6.31. The fraction of sp³-hybridized carbons (Fsp3) is 0.167. The van der Waals surface area contributed by atoms with E-state index in [1.54, 1.807) is 6.07 Å². The van der Waals surface area contributed by atoms with Gasteiger partial charge in [0.2, 0.25) is 0 Å². The highest BCUT2D eigenvalue weighted by Gasteiger charge is 2.26. The summed E-state index contributed by atoms with van der Waals surface area (Å²) in [7, 11) is 1.85. The molecular weight excluding hydrogens is 1390 g/mol. The molecule has 6 aromatic carbocycles. The largest absolute Gasteiger partial charge is 0.358 e. The first-order valence-corrected chi connectivity index (χ1v) is 32.5. The zero-order valence-electron chi connectivity index (χ0n) is 53.8. The molecule has 2 fully saturated rings. The van der Waals surface area contributed by atoms with Crippen LogP contribution in [0.25, 0.3) is 0 Å². The molecule has 0 atom stereocenters. The fourth-order valence-corrected chi connectivity index (χ4v) is 11.0. The maximum atomic E-state index is 14.8. The predicted molar refractivity (Wildman–Crippen MR) is 378 cm³/mol. The molecule has 0 bridgehead atoms. The summed E-state index contributed by atoms with van der Waals surface area (Å²) in [6.45, 7) is 4.32. The zero-order chi connectivity index (χ0) is 72.7. The molecule has 0 radical (unpaired) electrons. The lowest BCUT2D eigenvalue weighted by Crippen LogP contribution is -2.35. The molecule has 0 aliphatic carbocycles. The first-order valence-electron chi connectivity index (χ1n) is 31.4. The number of piperidine rings is 1. The Bertz CT molecular complexity index is 4740. The molecule has 9 aromatic rings. The molecule has 0 saturated carbocycles. The van der Waals surface area contributed by atoms with Crippen molar-refractivity contribution < 1.29 is 55.1 Å². The van der Waals surface area contributed by atoms with Crippen LogP contribution in [0.2, 0.25) is 15.1 Å². The van der Waals surface area contributed by atoms with Crippen LogP contribution in [-0.4, -0.2) is 129 Å². The number of amidine groups is 3. The van der Waals surface area contributed by atoms with Crippen LogP contribution in [0.3, 0.4) is 0 Å². The molecule has 102 heavy (non-hydrogen) atoms. The van der Waals surface area contributed by atoms with Crippen LogP contribution < -0.4 is 31.9 Å². The van der Waals surface area contributed by atoms with Crippen LogP contribution in [-0.2, 0) is 0 Å². The molecule has 2 saturated heterocycles. The Hall–Kier alpha value is -11.6. The van der Waals surface area contributed by atoms with Gasteiger partial charge in [-0.1, -0.05) is 53.0 Å². The Morgan fingerprint density at radius 3 is 1.03 bits per heavy atom. The minimum absolute atomic E-state index is 0.00704. The number of likely N-dealkylation sites (N-methyl/N-ethyl adjacent to an activating group) is 1. The average molecular weight is 1450 g/mol. The van der Waals surface area contributed by atoms with E-state index in [4.69, 9.17) is 45.6 Å². The number of hydrogen-bond acceptors (Lipinski definition) is 13. The van der Waals surface area contributed by atoms with Gasteiger partial charge in [0.25, 0.3) is 35.4 Å². The molecule has 0 spiro atoms. The van der Waals surface area contributed by atoms with Gasteiger partial charge in [-0.05, 0) is 159 Å². The van der Waals surface area contributed by atoms with Gasteiger partial charge in [0, 0.05) is 75.1 Å². The van der Waals surface area contributed by atoms with Crippen molar-refractivity contribution in [1.29, 1.82) is 10.8 Å². The Balaban J connectivity index is 0.000000165. The Morgan fingerprint density at radius 1 is 0.382 bits per heavy atom. The molecule has 3 aliphatic heterocycles. The zero-order valence-corrected chi connectivity index (χ0v) is 56.1. The van der Waals surface area contributed by atoms with Crippen LogP contribution in [0, 0.1) is 45.7 Å². The summed E-state index contributed by atoms with van der Waals surface area (Å²) in [6.07, 6.45) is 9.04. The lowest BCUT2D eigenvalue weighted by Gasteiger charge is -2.29. The van der Waals surface area contributed by atoms with Crippen molar-refractivity contribution in [3.05, 3.63) is 264 Å². The molecule has 3 aliphatic rings. The maximum Gasteiger partial charge on any atom is 0.259 e. The fourth-order valence-electron chi connectivity index (χ4n) is 10.7. The highest BCUT2D eigenvalue weighted by Crippen LogP contribution is 2.27. The van der Waals surface area contributed by atoms with E-state index >= 15 is 0 Å². The average Bonchev–Trinajstić information content (AvgIpc) is 1.31. The number of rotatable bonds is 15. The summed E-state index contributed by atoms with van der Waals surface area (Å²) >= 11 is 17.4. The number of halogens is 9. The SMILES string of the molecule is CN1CCN=C1c1ccc(C(=O)Nc2ccc(F)cc2C(=O)Nc2ccc(Cl)cn2)c(F)c1.N=C(c1ccc(C(=O)Nc2ccc(F)cc2C(=O)Nc2ccc(Cl)cn2)c(F)c1)N1CCCC1.N=C(c1ccc(C(=O)Nc2ccc(F)cc2C(=O)Nc2ccc(Cl)cn2)c(F)c1)N1CCCCC1. The molecule has 12 rings (SSSR count). The van der Waals surface area contributed by atoms with Crippen molar-refractivity contribution in [2.24, 2.45) is 4.99 Å². The van der Waals surface area contributed by atoms with Crippen LogP contribution >= 0.6 is 34.8 Å². The van der Waals surface area contributed by atoms with Gasteiger partial charge in [-0.3, -0.25) is 44.6 Å². The van der Waals surface area contributed by atoms with E-state index < -0.39 is 70.3 Å². The summed E-state index contributed by atoms with van der Waals surface area (Å²) in [5.74, 6) is -7.39. The van der Waals surface area contributed by atoms with E-state index in [1.165, 1.54) is 110 Å². The quantitative estimate of drug-likeness (QED) is 0.0270. The minimum Gasteiger partial charge on any atom is -0.358 e. The van der Waals surface area contributed by atoms with Crippen molar-refractivity contribution in [2.75, 3.05) is 78.2 Å². The minimum atomic E-state index is -0.818. The van der Waals surface area contributed by atoms with E-state index in [1.807, 2.05) is 21.7 Å². The standard InChI is InChI=1S/C25H22ClF2N5O2.C24H20ClF2N5O2.C23H18ClF2N5O2/c26-16-5-9-22(30-14-16)32-25(35)19-13-17(27)6-8-21(19)31-24(34)18-7-4-15(12-20(18)28)23(29)33-10-2-1-3-11-33;25-15-4-8-21(29-13-15)31-24(34)18-12-16(26)5-7-20(18)30-23(33)17-6-3-14(11-19(17)27)22(28)32-9-1-2-10-32;1-31-9-8-27-21(31)13-2-5-16(18(26)10-13)22(32)29-19-6-4-15(25)11-17(19)23(33)30-20-7-3-14(24)12-28-20/h4-9,12-14,29H,1-3,10-11H2,(H,31,34)(H,30,32,35);3-8,11-13,28H,1-2,9-10H2,(H,30,33)(H,29,31,34);2-7,10-12H,8-9H2,1H3,(H,29,32)(H,28,30,33). The molecule has 30 heteroatoms. The van der Waals surface area contributed by atoms with Gasteiger partial charge in [0.1, 0.15) is 69.9 Å². The van der Waals surface area contributed by atoms with Crippen LogP contribution in [0.5, 0.6) is 0 Å². The van der Waals surface area contributed by atoms with Crippen molar-refractivity contribution in [3.8, 4) is 0 Å². The van der Waals surface area contributed by atoms with Gasteiger partial charge >= 0.3 is 0 Å². The Kier molecular flexibility index (Phi) is 24.1. The molecule has 0 unspecified atom stereocenters. The first-order chi connectivity index (χ1) is 48.9. The molecular formula is C72H60Cl3F6N15O6. The third kappa shape index (κ3) is 18.8. The van der Waals surface area contributed by atoms with Crippen molar-refractivity contribution in [3.63, 3.8) is 0 Å². The molecule has 6 amide bonds. The number of pyridine rings is 3. The normalized spacial score (nSPS) is 13.1. The number of nitrogens with zero attached hydrogens (tertiary/aromatic N) is 7. The summed E-state index contributed by atoms with van der Waals surface area (Å²) in [4.78, 5) is 98.2. The molecule has 21 nitrogen and oxygen atoms in total. The van der Waals surface area contributed by atoms with Crippen LogP contribution in [0.4, 0.5) is 60.9 Å². The van der Waals surface area contributed by atoms with Gasteiger partial charge in [0.15, 0.2) is 0 Å². The third-order valence-electron chi connectivity index (χ3n) is 15.9. The molecule has 8 N–H and O–H groups in total. The van der Waals surface area contributed by atoms with E-state index in [0.29, 0.717) is 44.1 Å². The number of carbonyl (C=O) groups excluding carboxylic acids is 6. The molecule has 3 aromatic heterocycles. The van der Waals surface area contributed by atoms with Gasteiger partial charge < -0.3 is 46.6 Å². The summed E-state index contributed by atoms with van der Waals surface area (Å²) < 4.78 is 85.9. The topological polar surface area (TPSA) is 283 Å². The van der Waals surface area contributed by atoms with E-state index in [-0.39, 0.29) is 79.6 Å². The van der Waals surface area contributed by atoms with Crippen LogP contribution in [0.15, 0.2) is 169 Å². The Morgan fingerprint density at radius 2 is 0.716 bits per heavy atom. The number of likely N-dealkylation sites (tertiary alicyclic amines) is 2. The number of hydrogen-bond donors (Lipinski definition) is 8. The van der Waals surface area contributed by atoms with Gasteiger partial charge in [-0.15, -0.1) is 0 Å². The van der Waals surface area contributed by atoms with E-state index in [2.05, 4.69) is 51.8 Å². The van der Waals surface area contributed by atoms with Gasteiger partial charge in [-0.25, -0.2) is 41.3 Å². The Labute approximate surface area is 594 Å². The number of aromatic nitrogens is 3. The van der Waals surface area contributed by atoms with Crippen LogP contribution in [0.1, 0.15) is 111 Å². The lowest BCUT2D eigenvalue weighted by molar-refractivity contribution is 0.100. The number of amides is 6. The monoisotopic (exact) mass is 1450 g/mol. The van der Waals surface area contributed by atoms with Gasteiger partial charge in [-0.2, -0.15) is 0 Å². The summed E-state index contributed by atoms with van der Waals surface area (Å²) in [6, 6.07) is 30.8. The number of benzene rings is 6. The number of aliphatic imine (C=N–C) groups is 1. The second-order valence-corrected chi connectivity index (χ2v) is 24.3. The van der Waals surface area contributed by atoms with Gasteiger partial charge in [0.05, 0.1) is 72.1 Å². The third-order valence-corrected chi connectivity index (χ3v) is 16.6. The van der Waals surface area contributed by atoms with E-state index in [9.17, 15) is 55.1 Å². The highest BCUT2D eigenvalue weighted by atomic mass is 35.5. The predicted octanol–water partition coefficient (Wildman–Crippen LogP) is 14.5. The number of nitrogens with one attached hydrogen (secondary N) is 8. The summed E-state index contributed by atoms with van der Waals surface area (Å²) in [5, 5.41) is 32.6. The number of carbonyl (C=O) groups is 6.